The van der Waals surface area contributed by atoms with Crippen LogP contribution >= 0.6 is 0 Å². The summed E-state index contributed by atoms with van der Waals surface area (Å²) in [5.41, 5.74) is 0.959. The maximum atomic E-state index is 13.7. The SMILES string of the molecule is CN=C(NCCc1cccc(F)c1F)Nc1cc(OC)c(OC)c(OC)c1. The van der Waals surface area contributed by atoms with Gasteiger partial charge in [-0.05, 0) is 18.1 Å². The maximum Gasteiger partial charge on any atom is 0.203 e. The van der Waals surface area contributed by atoms with Gasteiger partial charge in [0, 0.05) is 31.4 Å². The van der Waals surface area contributed by atoms with Crippen LogP contribution in [-0.2, 0) is 6.42 Å². The molecule has 27 heavy (non-hydrogen) atoms. The second-order valence-corrected chi connectivity index (χ2v) is 5.50. The van der Waals surface area contributed by atoms with Gasteiger partial charge in [0.2, 0.25) is 5.75 Å². The molecule has 0 amide bonds. The summed E-state index contributed by atoms with van der Waals surface area (Å²) in [6.45, 7) is 0.366. The van der Waals surface area contributed by atoms with Crippen molar-refractivity contribution in [2.24, 2.45) is 4.99 Å². The van der Waals surface area contributed by atoms with Crippen molar-refractivity contribution >= 4 is 11.6 Å². The summed E-state index contributed by atoms with van der Waals surface area (Å²) >= 11 is 0. The quantitative estimate of drug-likeness (QED) is 0.571. The summed E-state index contributed by atoms with van der Waals surface area (Å²) < 4.78 is 42.9. The van der Waals surface area contributed by atoms with Gasteiger partial charge in [-0.3, -0.25) is 4.99 Å². The fourth-order valence-corrected chi connectivity index (χ4v) is 2.53. The molecule has 0 aromatic heterocycles. The molecule has 0 saturated carbocycles. The van der Waals surface area contributed by atoms with Crippen LogP contribution in [0.4, 0.5) is 14.5 Å². The molecule has 0 aliphatic heterocycles. The minimum Gasteiger partial charge on any atom is -0.493 e. The van der Waals surface area contributed by atoms with E-state index in [1.54, 1.807) is 25.2 Å². The third-order valence-electron chi connectivity index (χ3n) is 3.87. The predicted molar refractivity (Wildman–Crippen MR) is 101 cm³/mol. The number of hydrogen-bond donors (Lipinski definition) is 2. The smallest absolute Gasteiger partial charge is 0.203 e. The summed E-state index contributed by atoms with van der Waals surface area (Å²) in [4.78, 5) is 4.12. The molecule has 2 aromatic carbocycles. The topological polar surface area (TPSA) is 64.1 Å². The fraction of sp³-hybridized carbons (Fsp3) is 0.316. The number of benzene rings is 2. The van der Waals surface area contributed by atoms with Crippen molar-refractivity contribution in [2.75, 3.05) is 40.2 Å². The van der Waals surface area contributed by atoms with Gasteiger partial charge in [-0.15, -0.1) is 0 Å². The lowest BCUT2D eigenvalue weighted by atomic mass is 10.1. The number of ether oxygens (including phenoxy) is 3. The van der Waals surface area contributed by atoms with Gasteiger partial charge < -0.3 is 24.8 Å². The van der Waals surface area contributed by atoms with E-state index in [0.717, 1.165) is 6.07 Å². The first-order chi connectivity index (χ1) is 13.0. The largest absolute Gasteiger partial charge is 0.493 e. The second-order valence-electron chi connectivity index (χ2n) is 5.50. The minimum absolute atomic E-state index is 0.297. The van der Waals surface area contributed by atoms with Gasteiger partial charge in [-0.25, -0.2) is 8.78 Å². The zero-order valence-corrected chi connectivity index (χ0v) is 15.7. The zero-order valence-electron chi connectivity index (χ0n) is 15.7. The molecule has 0 aliphatic carbocycles. The van der Waals surface area contributed by atoms with E-state index >= 15 is 0 Å². The number of guanidine groups is 1. The summed E-state index contributed by atoms with van der Waals surface area (Å²) in [6.07, 6.45) is 0.305. The average Bonchev–Trinajstić information content (AvgIpc) is 2.69. The lowest BCUT2D eigenvalue weighted by molar-refractivity contribution is 0.324. The number of aliphatic imine (C=N–C) groups is 1. The summed E-state index contributed by atoms with van der Waals surface area (Å²) in [6, 6.07) is 7.60. The monoisotopic (exact) mass is 379 g/mol. The van der Waals surface area contributed by atoms with E-state index in [4.69, 9.17) is 14.2 Å². The fourth-order valence-electron chi connectivity index (χ4n) is 2.53. The van der Waals surface area contributed by atoms with E-state index in [1.807, 2.05) is 0 Å². The Kier molecular flexibility index (Phi) is 7.22. The van der Waals surface area contributed by atoms with Crippen LogP contribution in [0.25, 0.3) is 0 Å². The molecule has 0 unspecified atom stereocenters. The van der Waals surface area contributed by atoms with Gasteiger partial charge in [0.15, 0.2) is 29.1 Å². The number of nitrogens with one attached hydrogen (secondary N) is 2. The summed E-state index contributed by atoms with van der Waals surface area (Å²) in [5.74, 6) is 0.253. The minimum atomic E-state index is -0.854. The van der Waals surface area contributed by atoms with E-state index in [9.17, 15) is 8.78 Å². The van der Waals surface area contributed by atoms with Crippen LogP contribution in [0.5, 0.6) is 17.2 Å². The number of nitrogens with zero attached hydrogens (tertiary/aromatic N) is 1. The van der Waals surface area contributed by atoms with E-state index in [1.165, 1.54) is 27.4 Å². The number of rotatable bonds is 7. The summed E-state index contributed by atoms with van der Waals surface area (Å²) in [7, 11) is 6.19. The Labute approximate surface area is 157 Å². The van der Waals surface area contributed by atoms with E-state index in [2.05, 4.69) is 15.6 Å². The highest BCUT2D eigenvalue weighted by Crippen LogP contribution is 2.39. The molecule has 6 nitrogen and oxygen atoms in total. The maximum absolute atomic E-state index is 13.7. The highest BCUT2D eigenvalue weighted by atomic mass is 19.2. The van der Waals surface area contributed by atoms with Crippen LogP contribution in [0.2, 0.25) is 0 Å². The zero-order chi connectivity index (χ0) is 19.8. The Hall–Kier alpha value is -3.03. The molecule has 0 saturated heterocycles. The lowest BCUT2D eigenvalue weighted by Gasteiger charge is -2.16. The molecule has 0 bridgehead atoms. The van der Waals surface area contributed by atoms with Crippen LogP contribution in [0.1, 0.15) is 5.56 Å². The molecule has 8 heteroatoms. The Bertz CT molecular complexity index is 788. The molecule has 0 fully saturated rings. The van der Waals surface area contributed by atoms with Crippen molar-refractivity contribution in [1.29, 1.82) is 0 Å². The molecule has 2 N–H and O–H groups in total. The van der Waals surface area contributed by atoms with E-state index < -0.39 is 11.6 Å². The normalized spacial score (nSPS) is 11.1. The van der Waals surface area contributed by atoms with Gasteiger partial charge >= 0.3 is 0 Å². The predicted octanol–water partition coefficient (Wildman–Crippen LogP) is 3.22. The Balaban J connectivity index is 2.05. The lowest BCUT2D eigenvalue weighted by Crippen LogP contribution is -2.32. The third-order valence-corrected chi connectivity index (χ3v) is 3.87. The van der Waals surface area contributed by atoms with Crippen molar-refractivity contribution in [3.63, 3.8) is 0 Å². The van der Waals surface area contributed by atoms with Crippen LogP contribution in [0.3, 0.4) is 0 Å². The van der Waals surface area contributed by atoms with Gasteiger partial charge in [-0.2, -0.15) is 0 Å². The Morgan fingerprint density at radius 3 is 2.26 bits per heavy atom. The van der Waals surface area contributed by atoms with E-state index in [0.29, 0.717) is 47.4 Å². The standard InChI is InChI=1S/C19H23F2N3O3/c1-22-19(23-9-8-12-6-5-7-14(20)17(12)21)24-13-10-15(25-2)18(27-4)16(11-13)26-3/h5-7,10-11H,8-9H2,1-4H3,(H2,22,23,24). The molecule has 0 spiro atoms. The molecule has 146 valence electrons. The van der Waals surface area contributed by atoms with E-state index in [-0.39, 0.29) is 0 Å². The molecule has 0 aliphatic rings. The molecular weight excluding hydrogens is 356 g/mol. The number of hydrogen-bond acceptors (Lipinski definition) is 4. The van der Waals surface area contributed by atoms with Crippen LogP contribution < -0.4 is 24.8 Å². The van der Waals surface area contributed by atoms with Gasteiger partial charge in [0.05, 0.1) is 21.3 Å². The van der Waals surface area contributed by atoms with Crippen molar-refractivity contribution in [3.8, 4) is 17.2 Å². The van der Waals surface area contributed by atoms with Crippen molar-refractivity contribution in [1.82, 2.24) is 5.32 Å². The number of halogens is 2. The molecular formula is C19H23F2N3O3. The average molecular weight is 379 g/mol. The Morgan fingerprint density at radius 1 is 1.04 bits per heavy atom. The van der Waals surface area contributed by atoms with Crippen LogP contribution in [-0.4, -0.2) is 40.9 Å². The van der Waals surface area contributed by atoms with Gasteiger partial charge in [0.25, 0.3) is 0 Å². The Morgan fingerprint density at radius 2 is 1.70 bits per heavy atom. The number of anilines is 1. The van der Waals surface area contributed by atoms with Crippen molar-refractivity contribution in [3.05, 3.63) is 47.5 Å². The highest BCUT2D eigenvalue weighted by molar-refractivity contribution is 5.94. The van der Waals surface area contributed by atoms with Gasteiger partial charge in [-0.1, -0.05) is 12.1 Å². The van der Waals surface area contributed by atoms with Gasteiger partial charge in [0.1, 0.15) is 0 Å². The third kappa shape index (κ3) is 4.99. The first kappa shape index (κ1) is 20.3. The molecule has 0 atom stereocenters. The van der Waals surface area contributed by atoms with Crippen LogP contribution in [0, 0.1) is 11.6 Å². The molecule has 0 heterocycles. The second kappa shape index (κ2) is 9.61. The first-order valence-corrected chi connectivity index (χ1v) is 8.24. The van der Waals surface area contributed by atoms with Crippen molar-refractivity contribution < 1.29 is 23.0 Å². The van der Waals surface area contributed by atoms with Crippen LogP contribution in [0.15, 0.2) is 35.3 Å². The van der Waals surface area contributed by atoms with Crippen molar-refractivity contribution in [2.45, 2.75) is 6.42 Å². The molecule has 0 radical (unpaired) electrons. The molecule has 2 aromatic rings. The summed E-state index contributed by atoms with van der Waals surface area (Å²) in [5, 5.41) is 6.15. The number of methoxy groups -OCH3 is 3. The first-order valence-electron chi connectivity index (χ1n) is 8.24. The highest BCUT2D eigenvalue weighted by Gasteiger charge is 2.14. The molecule has 2 rings (SSSR count).